The van der Waals surface area contributed by atoms with Gasteiger partial charge in [0.25, 0.3) is 11.8 Å². The number of rotatable bonds is 8. The van der Waals surface area contributed by atoms with E-state index in [1.807, 2.05) is 19.1 Å². The number of carbonyl (C=O) groups is 4. The molecular weight excluding hydrogens is 763 g/mol. The topological polar surface area (TPSA) is 186 Å². The van der Waals surface area contributed by atoms with Gasteiger partial charge >= 0.3 is 0 Å². The second kappa shape index (κ2) is 15.3. The van der Waals surface area contributed by atoms with Crippen molar-refractivity contribution in [2.24, 2.45) is 17.8 Å². The number of hydrogen-bond acceptors (Lipinski definition) is 10. The van der Waals surface area contributed by atoms with Crippen molar-refractivity contribution in [3.8, 4) is 11.6 Å². The lowest BCUT2D eigenvalue weighted by molar-refractivity contribution is -0.142. The highest BCUT2D eigenvalue weighted by molar-refractivity contribution is 7.91. The lowest BCUT2D eigenvalue weighted by Crippen LogP contribution is -2.59. The molecule has 4 aliphatic rings. The van der Waals surface area contributed by atoms with Gasteiger partial charge in [-0.3, -0.25) is 28.9 Å². The van der Waals surface area contributed by atoms with Gasteiger partial charge in [0.1, 0.15) is 35.3 Å². The van der Waals surface area contributed by atoms with Crippen molar-refractivity contribution in [1.82, 2.24) is 30.2 Å². The molecule has 57 heavy (non-hydrogen) atoms. The predicted octanol–water partition coefficient (Wildman–Crippen LogP) is 3.95. The van der Waals surface area contributed by atoms with E-state index in [1.54, 1.807) is 13.8 Å². The molecule has 3 N–H and O–H groups in total. The Labute approximate surface area is 329 Å². The van der Waals surface area contributed by atoms with Crippen molar-refractivity contribution in [2.75, 3.05) is 13.7 Å². The summed E-state index contributed by atoms with van der Waals surface area (Å²) in [5.41, 5.74) is -1.93. The van der Waals surface area contributed by atoms with Crippen molar-refractivity contribution in [3.05, 3.63) is 72.2 Å². The smallest absolute Gasteiger partial charge is 0.259 e. The standard InChI is InChI=1S/C40H46F2N6O8S/c1-22-7-5-6-8-24-18-40(24,38(52)47-57(53,54)39(3)12-13-39)46-35(50)31-17-26(56-36-29-16-25(41)9-10-27(29)32(55-4)20-44-36)21-48(31)37(51)33(23(2)15-22)45-34(49)28-11-14-43-19-30(28)42/h6,8-11,14,16,19-20,22-24,26,31,33H,5,7,12-13,15,17-18,21H2,1-4H3,(H,45,49)(H,46,50)(H,47,52)/b8-6-/t22-,23-,24-,26-,31+,33+,40-/m1/s1. The molecular formula is C40H46F2N6O8S. The third-order valence-corrected chi connectivity index (χ3v) is 14.0. The van der Waals surface area contributed by atoms with Crippen LogP contribution in [0, 0.1) is 29.4 Å². The van der Waals surface area contributed by atoms with Gasteiger partial charge in [0, 0.05) is 23.9 Å². The number of benzene rings is 1. The highest BCUT2D eigenvalue weighted by atomic mass is 32.2. The second-order valence-corrected chi connectivity index (χ2v) is 18.3. The first-order valence-electron chi connectivity index (χ1n) is 19.1. The van der Waals surface area contributed by atoms with Gasteiger partial charge in [0.2, 0.25) is 27.7 Å². The monoisotopic (exact) mass is 808 g/mol. The van der Waals surface area contributed by atoms with Gasteiger partial charge in [-0.15, -0.1) is 0 Å². The minimum Gasteiger partial charge on any atom is -0.494 e. The number of nitrogens with one attached hydrogen (secondary N) is 3. The zero-order valence-corrected chi connectivity index (χ0v) is 32.9. The molecule has 304 valence electrons. The van der Waals surface area contributed by atoms with Crippen LogP contribution in [0.3, 0.4) is 0 Å². The van der Waals surface area contributed by atoms with Crippen LogP contribution in [0.4, 0.5) is 8.78 Å². The number of pyridine rings is 2. The molecule has 2 aliphatic heterocycles. The van der Waals surface area contributed by atoms with E-state index in [4.69, 9.17) is 9.47 Å². The van der Waals surface area contributed by atoms with E-state index in [1.165, 1.54) is 48.7 Å². The van der Waals surface area contributed by atoms with Gasteiger partial charge in [0.05, 0.1) is 41.7 Å². The fourth-order valence-corrected chi connectivity index (χ4v) is 9.27. The van der Waals surface area contributed by atoms with E-state index in [2.05, 4.69) is 25.3 Å². The first-order chi connectivity index (χ1) is 27.1. The Kier molecular flexibility index (Phi) is 10.7. The number of sulfonamides is 1. The minimum atomic E-state index is -4.06. The summed E-state index contributed by atoms with van der Waals surface area (Å²) in [5.74, 6) is -5.11. The van der Waals surface area contributed by atoms with E-state index in [0.29, 0.717) is 43.2 Å². The molecule has 3 aromatic rings. The molecule has 4 amide bonds. The van der Waals surface area contributed by atoms with E-state index in [-0.39, 0.29) is 42.1 Å². The van der Waals surface area contributed by atoms with E-state index in [0.717, 1.165) is 6.20 Å². The molecule has 14 nitrogen and oxygen atoms in total. The van der Waals surface area contributed by atoms with Gasteiger partial charge in [0.15, 0.2) is 5.82 Å². The van der Waals surface area contributed by atoms with E-state index < -0.39 is 85.6 Å². The fraction of sp³-hybridized carbons (Fsp3) is 0.500. The van der Waals surface area contributed by atoms with Crippen LogP contribution in [0.2, 0.25) is 0 Å². The average Bonchev–Trinajstić information content (AvgIpc) is 4.05. The van der Waals surface area contributed by atoms with Crippen LogP contribution >= 0.6 is 0 Å². The molecule has 2 saturated carbocycles. The number of ether oxygens (including phenoxy) is 2. The first kappa shape index (κ1) is 40.0. The van der Waals surface area contributed by atoms with Crippen molar-refractivity contribution in [3.63, 3.8) is 0 Å². The van der Waals surface area contributed by atoms with Crippen LogP contribution in [0.15, 0.2) is 55.0 Å². The quantitative estimate of drug-likeness (QED) is 0.282. The summed E-state index contributed by atoms with van der Waals surface area (Å²) in [7, 11) is -2.61. The van der Waals surface area contributed by atoms with Gasteiger partial charge in [-0.2, -0.15) is 0 Å². The van der Waals surface area contributed by atoms with E-state index >= 15 is 0 Å². The lowest BCUT2D eigenvalue weighted by Gasteiger charge is -2.33. The van der Waals surface area contributed by atoms with Crippen molar-refractivity contribution in [1.29, 1.82) is 0 Å². The summed E-state index contributed by atoms with van der Waals surface area (Å²) in [6.45, 7) is 5.17. The van der Waals surface area contributed by atoms with Crippen LogP contribution in [0.25, 0.3) is 10.8 Å². The van der Waals surface area contributed by atoms with Crippen LogP contribution in [-0.2, 0) is 24.4 Å². The summed E-state index contributed by atoms with van der Waals surface area (Å²) >= 11 is 0. The number of aromatic nitrogens is 2. The molecule has 0 radical (unpaired) electrons. The van der Waals surface area contributed by atoms with Crippen LogP contribution < -0.4 is 24.8 Å². The zero-order chi connectivity index (χ0) is 40.9. The molecule has 0 unspecified atom stereocenters. The Bertz CT molecular complexity index is 2250. The molecule has 7 atom stereocenters. The summed E-state index contributed by atoms with van der Waals surface area (Å²) in [4.78, 5) is 66.2. The SMILES string of the molecule is COc1cnc(O[C@@H]2C[C@H]3C(=O)N[C@]4(C(=O)NS(=O)(=O)C5(C)CC5)C[C@H]4/C=C\CC[C@@H](C)C[C@@H](C)[C@H](NC(=O)c4ccncc4F)C(=O)N3C2)c2cc(F)ccc12. The second-order valence-electron chi connectivity index (χ2n) is 16.1. The minimum absolute atomic E-state index is 0.0214. The molecule has 3 fully saturated rings. The number of fused-ring (bicyclic) bond motifs is 3. The highest BCUT2D eigenvalue weighted by Gasteiger charge is 2.63. The van der Waals surface area contributed by atoms with Gasteiger partial charge < -0.3 is 25.0 Å². The Balaban J connectivity index is 1.25. The average molecular weight is 809 g/mol. The van der Waals surface area contributed by atoms with Crippen molar-refractivity contribution < 1.29 is 45.9 Å². The maximum atomic E-state index is 14.8. The number of nitrogens with zero attached hydrogens (tertiary/aromatic N) is 3. The zero-order valence-electron chi connectivity index (χ0n) is 32.1. The summed E-state index contributed by atoms with van der Waals surface area (Å²) in [6, 6.07) is 2.71. The number of allylic oxidation sites excluding steroid dienone is 1. The number of hydrogen-bond donors (Lipinski definition) is 3. The summed E-state index contributed by atoms with van der Waals surface area (Å²) in [5, 5.41) is 6.35. The molecule has 2 aliphatic carbocycles. The number of carbonyl (C=O) groups excluding carboxylic acids is 4. The number of amides is 4. The largest absolute Gasteiger partial charge is 0.494 e. The van der Waals surface area contributed by atoms with Crippen LogP contribution in [-0.4, -0.2) is 89.0 Å². The van der Waals surface area contributed by atoms with Crippen molar-refractivity contribution in [2.45, 2.75) is 94.2 Å². The van der Waals surface area contributed by atoms with Crippen LogP contribution in [0.5, 0.6) is 11.6 Å². The van der Waals surface area contributed by atoms with Crippen molar-refractivity contribution >= 4 is 44.4 Å². The Morgan fingerprint density at radius 1 is 1.07 bits per heavy atom. The Morgan fingerprint density at radius 2 is 1.84 bits per heavy atom. The molecule has 7 rings (SSSR count). The van der Waals surface area contributed by atoms with Gasteiger partial charge in [-0.1, -0.05) is 26.0 Å². The molecule has 0 spiro atoms. The molecule has 0 bridgehead atoms. The van der Waals surface area contributed by atoms with E-state index in [9.17, 15) is 36.4 Å². The third-order valence-electron chi connectivity index (χ3n) is 11.8. The van der Waals surface area contributed by atoms with Gasteiger partial charge in [-0.05, 0) is 81.5 Å². The lowest BCUT2D eigenvalue weighted by atomic mass is 9.87. The third kappa shape index (κ3) is 7.90. The Hall–Kier alpha value is -5.19. The molecule has 4 heterocycles. The maximum Gasteiger partial charge on any atom is 0.259 e. The van der Waals surface area contributed by atoms with Gasteiger partial charge in [-0.25, -0.2) is 22.2 Å². The highest BCUT2D eigenvalue weighted by Crippen LogP contribution is 2.47. The molecule has 1 saturated heterocycles. The molecule has 17 heteroatoms. The molecule has 2 aromatic heterocycles. The Morgan fingerprint density at radius 3 is 2.56 bits per heavy atom. The number of halogens is 2. The predicted molar refractivity (Wildman–Crippen MR) is 203 cm³/mol. The number of methoxy groups -OCH3 is 1. The molecule has 1 aromatic carbocycles. The van der Waals surface area contributed by atoms with Crippen LogP contribution in [0.1, 0.15) is 76.1 Å². The summed E-state index contributed by atoms with van der Waals surface area (Å²) in [6.07, 6.45) is 8.96. The maximum absolute atomic E-state index is 14.8. The first-order valence-corrected chi connectivity index (χ1v) is 20.6. The fourth-order valence-electron chi connectivity index (χ4n) is 7.95. The normalized spacial score (nSPS) is 29.1. The summed E-state index contributed by atoms with van der Waals surface area (Å²) < 4.78 is 68.5.